The van der Waals surface area contributed by atoms with E-state index in [0.717, 1.165) is 10.9 Å². The largest absolute Gasteiger partial charge is 0.394 e. The van der Waals surface area contributed by atoms with Gasteiger partial charge in [0.1, 0.15) is 42.4 Å². The quantitative estimate of drug-likeness (QED) is 0.0949. The van der Waals surface area contributed by atoms with Crippen LogP contribution >= 0.6 is 19.0 Å². The molecule has 4 aromatic heterocycles. The van der Waals surface area contributed by atoms with E-state index < -0.39 is 74.7 Å². The van der Waals surface area contributed by atoms with Gasteiger partial charge in [0.2, 0.25) is 5.95 Å². The molecule has 6 heterocycles. The molecule has 2 fully saturated rings. The van der Waals surface area contributed by atoms with Crippen molar-refractivity contribution in [3.63, 3.8) is 0 Å². The predicted molar refractivity (Wildman–Crippen MR) is 146 cm³/mol. The molecule has 43 heavy (non-hydrogen) atoms. The molecule has 0 spiro atoms. The van der Waals surface area contributed by atoms with Crippen LogP contribution in [0.1, 0.15) is 12.5 Å². The zero-order valence-corrected chi connectivity index (χ0v) is 23.9. The number of anilines is 2. The van der Waals surface area contributed by atoms with Crippen LogP contribution in [0.15, 0.2) is 23.8 Å². The fourth-order valence-electron chi connectivity index (χ4n) is 5.05. The Labute approximate surface area is 245 Å². The van der Waals surface area contributed by atoms with Crippen molar-refractivity contribution in [2.45, 2.75) is 49.1 Å². The number of halogens is 1. The van der Waals surface area contributed by atoms with E-state index >= 15 is 4.39 Å². The van der Waals surface area contributed by atoms with Crippen LogP contribution in [0.5, 0.6) is 0 Å². The van der Waals surface area contributed by atoms with Gasteiger partial charge >= 0.3 is 6.80 Å². The zero-order chi connectivity index (χ0) is 30.6. The second kappa shape index (κ2) is 11.3. The Morgan fingerprint density at radius 3 is 2.49 bits per heavy atom. The molecule has 7 N–H and O–H groups in total. The van der Waals surface area contributed by atoms with E-state index in [4.69, 9.17) is 34.7 Å². The first-order valence-corrected chi connectivity index (χ1v) is 15.3. The van der Waals surface area contributed by atoms with Gasteiger partial charge < -0.3 is 35.9 Å². The fraction of sp³-hybridized carbons (Fsp3) is 0.524. The number of H-pyrrole nitrogens is 1. The van der Waals surface area contributed by atoms with Gasteiger partial charge in [0.25, 0.3) is 5.56 Å². The Bertz CT molecular complexity index is 1760. The normalized spacial score (nSPS) is 30.8. The number of nitrogens with one attached hydrogen (secondary N) is 1. The summed E-state index contributed by atoms with van der Waals surface area (Å²) in [6.07, 6.45) is -7.01. The highest BCUT2D eigenvalue weighted by Gasteiger charge is 2.51. The number of rotatable bonds is 9. The molecule has 0 radical (unpaired) electrons. The summed E-state index contributed by atoms with van der Waals surface area (Å²) in [5.41, 5.74) is 11.3. The van der Waals surface area contributed by atoms with E-state index in [9.17, 15) is 19.6 Å². The number of methoxy groups -OCH3 is 1. The first-order chi connectivity index (χ1) is 20.5. The number of ether oxygens (including phenoxy) is 3. The third-order valence-electron chi connectivity index (χ3n) is 7.07. The topological polar surface area (TPSA) is 263 Å². The molecule has 1 unspecified atom stereocenters. The third-order valence-corrected chi connectivity index (χ3v) is 8.69. The molecule has 0 aliphatic carbocycles. The van der Waals surface area contributed by atoms with Crippen LogP contribution < -0.4 is 17.0 Å². The van der Waals surface area contributed by atoms with Gasteiger partial charge in [0.05, 0.1) is 25.9 Å². The molecular weight excluding hydrogens is 618 g/mol. The molecule has 0 saturated carbocycles. The predicted octanol–water partition coefficient (Wildman–Crippen LogP) is -0.935. The highest BCUT2D eigenvalue weighted by molar-refractivity contribution is 8.44. The van der Waals surface area contributed by atoms with Gasteiger partial charge in [-0.25, -0.2) is 28.9 Å². The zero-order valence-electron chi connectivity index (χ0n) is 22.1. The Morgan fingerprint density at radius 2 is 1.77 bits per heavy atom. The summed E-state index contributed by atoms with van der Waals surface area (Å²) in [5.74, 6) is -0.0985. The minimum Gasteiger partial charge on any atom is -0.394 e. The molecule has 0 amide bonds. The maximum absolute atomic E-state index is 15.4. The molecule has 0 aromatic carbocycles. The number of aromatic amines is 1. The van der Waals surface area contributed by atoms with E-state index in [0.29, 0.717) is 11.2 Å². The van der Waals surface area contributed by atoms with Crippen LogP contribution in [-0.2, 0) is 27.8 Å². The van der Waals surface area contributed by atoms with E-state index in [1.807, 2.05) is 0 Å². The van der Waals surface area contributed by atoms with E-state index in [1.54, 1.807) is 0 Å². The minimum absolute atomic E-state index is 0.0706. The lowest BCUT2D eigenvalue weighted by Gasteiger charge is -2.25. The molecule has 2 aliphatic rings. The van der Waals surface area contributed by atoms with Gasteiger partial charge in [-0.3, -0.25) is 28.0 Å². The highest BCUT2D eigenvalue weighted by Crippen LogP contribution is 2.57. The highest BCUT2D eigenvalue weighted by atomic mass is 32.7. The number of hydrogen-bond acceptors (Lipinski definition) is 16. The van der Waals surface area contributed by atoms with Crippen molar-refractivity contribution in [1.29, 1.82) is 0 Å². The van der Waals surface area contributed by atoms with Gasteiger partial charge in [0.15, 0.2) is 41.3 Å². The number of aliphatic hydroxyl groups is 2. The lowest BCUT2D eigenvalue weighted by atomic mass is 10.1. The second-order valence-electron chi connectivity index (χ2n) is 9.64. The van der Waals surface area contributed by atoms with Crippen LogP contribution in [-0.4, -0.2) is 106 Å². The van der Waals surface area contributed by atoms with Crippen molar-refractivity contribution in [2.75, 3.05) is 31.8 Å². The molecule has 2 aliphatic heterocycles. The average molecular weight is 645 g/mol. The summed E-state index contributed by atoms with van der Waals surface area (Å²) >= 11 is 3.99. The van der Waals surface area contributed by atoms with E-state index in [-0.39, 0.29) is 22.9 Å². The van der Waals surface area contributed by atoms with Crippen LogP contribution in [0.2, 0.25) is 0 Å². The SMILES string of the molecule is CO[C@@H]1[C@H](O)[C@@H](COP(=O)(S)O[C@@H]2[C@H](F)[C@@H](CO)O[C@H]2n2cnc3c(=O)[nH]c(N)nc32)O[C@H]1n1cnc2c(N)ncnc21. The summed E-state index contributed by atoms with van der Waals surface area (Å²) in [6.45, 7) is -5.69. The van der Waals surface area contributed by atoms with Gasteiger partial charge in [-0.05, 0) is 0 Å². The first kappa shape index (κ1) is 29.8. The molecule has 232 valence electrons. The number of imidazole rings is 2. The maximum Gasteiger partial charge on any atom is 0.386 e. The van der Waals surface area contributed by atoms with Gasteiger partial charge in [-0.15, -0.1) is 0 Å². The van der Waals surface area contributed by atoms with Crippen molar-refractivity contribution in [3.8, 4) is 0 Å². The number of alkyl halides is 1. The number of nitrogen functional groups attached to an aromatic ring is 2. The van der Waals surface area contributed by atoms with E-state index in [2.05, 4.69) is 42.2 Å². The standard InChI is InChI=1S/C21H26FN10O9PS/c1-37-14-12(34)8(40-20(14)31-5-27-10-15(23)25-4-26-16(10)31)3-38-42(36,43)41-13-9(22)7(2-33)39-19(13)32-6-28-11-17(32)29-21(24)30-18(11)35/h4-9,12-14,19-20,33-34H,2-3H2,1H3,(H,36,43)(H2,23,25,26)(H3,24,29,30,35)/t7-,8-,9-,12-,13-,14-,19-,20-,42?/m1/s1. The lowest BCUT2D eigenvalue weighted by Crippen LogP contribution is -2.35. The second-order valence-corrected chi connectivity index (χ2v) is 12.5. The summed E-state index contributed by atoms with van der Waals surface area (Å²) in [5, 5.41) is 20.6. The Kier molecular flexibility index (Phi) is 7.85. The summed E-state index contributed by atoms with van der Waals surface area (Å²) in [7, 11) is 1.36. The van der Waals surface area contributed by atoms with Crippen molar-refractivity contribution in [3.05, 3.63) is 29.3 Å². The Balaban J connectivity index is 1.20. The molecule has 19 nitrogen and oxygen atoms in total. The van der Waals surface area contributed by atoms with Gasteiger partial charge in [-0.1, -0.05) is 12.2 Å². The molecular formula is C21H26FN10O9PS. The molecule has 4 aromatic rings. The summed E-state index contributed by atoms with van der Waals surface area (Å²) in [6, 6.07) is 0. The number of aliphatic hydroxyl groups excluding tert-OH is 2. The van der Waals surface area contributed by atoms with Crippen molar-refractivity contribution in [2.24, 2.45) is 0 Å². The van der Waals surface area contributed by atoms with Crippen LogP contribution in [0.25, 0.3) is 22.3 Å². The number of nitrogens with zero attached hydrogens (tertiary/aromatic N) is 7. The number of fused-ring (bicyclic) bond motifs is 2. The number of hydrogen-bond donors (Lipinski definition) is 6. The molecule has 9 atom stereocenters. The van der Waals surface area contributed by atoms with Gasteiger partial charge in [0, 0.05) is 7.11 Å². The number of nitrogens with two attached hydrogens (primary N) is 2. The third kappa shape index (κ3) is 5.25. The molecule has 22 heteroatoms. The average Bonchev–Trinajstić information content (AvgIpc) is 3.72. The number of thiol groups is 1. The first-order valence-electron chi connectivity index (χ1n) is 12.6. The smallest absolute Gasteiger partial charge is 0.386 e. The molecule has 6 rings (SSSR count). The number of aromatic nitrogens is 8. The van der Waals surface area contributed by atoms with Crippen molar-refractivity contribution < 1.29 is 42.4 Å². The van der Waals surface area contributed by atoms with Crippen LogP contribution in [0, 0.1) is 0 Å². The maximum atomic E-state index is 15.4. The van der Waals surface area contributed by atoms with Gasteiger partial charge in [-0.2, -0.15) is 4.98 Å². The summed E-state index contributed by atoms with van der Waals surface area (Å²) < 4.78 is 59.2. The van der Waals surface area contributed by atoms with E-state index in [1.165, 1.54) is 24.3 Å². The molecule has 0 bridgehead atoms. The summed E-state index contributed by atoms with van der Waals surface area (Å²) in [4.78, 5) is 34.7. The Morgan fingerprint density at radius 1 is 1.09 bits per heavy atom. The van der Waals surface area contributed by atoms with Crippen molar-refractivity contribution >= 4 is 53.1 Å². The van der Waals surface area contributed by atoms with Crippen LogP contribution in [0.3, 0.4) is 0 Å². The fourth-order valence-corrected chi connectivity index (χ4v) is 6.50. The minimum atomic E-state index is -4.41. The van der Waals surface area contributed by atoms with Crippen molar-refractivity contribution in [1.82, 2.24) is 39.0 Å². The monoisotopic (exact) mass is 644 g/mol. The Hall–Kier alpha value is -3.27. The molecule has 2 saturated heterocycles. The van der Waals surface area contributed by atoms with Crippen LogP contribution in [0.4, 0.5) is 16.2 Å². The lowest BCUT2D eigenvalue weighted by molar-refractivity contribution is -0.0595.